The molecule has 0 bridgehead atoms. The predicted octanol–water partition coefficient (Wildman–Crippen LogP) is 4.94. The molecule has 1 fully saturated rings. The molecule has 4 rings (SSSR count). The summed E-state index contributed by atoms with van der Waals surface area (Å²) >= 11 is 8.12. The largest absolute Gasteiger partial charge is 0.362 e. The Bertz CT molecular complexity index is 1130. The third-order valence-corrected chi connectivity index (χ3v) is 7.50. The molecule has 0 spiro atoms. The molecule has 0 radical (unpaired) electrons. The lowest BCUT2D eigenvalue weighted by atomic mass is 9.96. The van der Waals surface area contributed by atoms with Gasteiger partial charge >= 0.3 is 0 Å². The van der Waals surface area contributed by atoms with Crippen molar-refractivity contribution in [1.29, 1.82) is 0 Å². The maximum Gasteiger partial charge on any atom is 0.226 e. The third kappa shape index (κ3) is 4.66. The first-order valence-corrected chi connectivity index (χ1v) is 12.0. The summed E-state index contributed by atoms with van der Waals surface area (Å²) in [6.07, 6.45) is 2.13. The first-order chi connectivity index (χ1) is 15.3. The highest BCUT2D eigenvalue weighted by Gasteiger charge is 2.42. The number of aromatic amines is 1. The van der Waals surface area contributed by atoms with Crippen molar-refractivity contribution >= 4 is 51.5 Å². The van der Waals surface area contributed by atoms with Crippen molar-refractivity contribution in [3.63, 3.8) is 0 Å². The summed E-state index contributed by atoms with van der Waals surface area (Å²) in [7, 11) is 0. The molecule has 32 heavy (non-hydrogen) atoms. The number of rotatable bonds is 6. The summed E-state index contributed by atoms with van der Waals surface area (Å²) in [6.45, 7) is 6.70. The number of carbonyl (C=O) groups is 1. The van der Waals surface area contributed by atoms with E-state index in [0.717, 1.165) is 28.3 Å². The maximum atomic E-state index is 12.7. The van der Waals surface area contributed by atoms with Gasteiger partial charge in [-0.3, -0.25) is 9.78 Å². The number of hydrogen-bond acceptors (Lipinski definition) is 3. The SMILES string of the molecule is Cc1ccc(NC(=O)CCN2C(=S)N[C@@H](c3ccccn3)[C@@H]2c2c(C)[nH]c(C)c2I)cc1. The monoisotopic (exact) mass is 559 g/mol. The lowest BCUT2D eigenvalue weighted by Crippen LogP contribution is -2.33. The van der Waals surface area contributed by atoms with Crippen molar-refractivity contribution in [2.24, 2.45) is 0 Å². The number of aryl methyl sites for hydroxylation is 3. The lowest BCUT2D eigenvalue weighted by molar-refractivity contribution is -0.116. The molecular weight excluding hydrogens is 533 g/mol. The van der Waals surface area contributed by atoms with Gasteiger partial charge in [-0.1, -0.05) is 23.8 Å². The van der Waals surface area contributed by atoms with Crippen LogP contribution in [0, 0.1) is 24.3 Å². The van der Waals surface area contributed by atoms with E-state index in [1.807, 2.05) is 49.4 Å². The summed E-state index contributed by atoms with van der Waals surface area (Å²) in [6, 6.07) is 13.6. The van der Waals surface area contributed by atoms with Crippen molar-refractivity contribution in [1.82, 2.24) is 20.2 Å². The number of halogens is 1. The van der Waals surface area contributed by atoms with Crippen LogP contribution in [0.25, 0.3) is 0 Å². The van der Waals surface area contributed by atoms with Gasteiger partial charge in [0.05, 0.1) is 17.8 Å². The molecule has 1 aliphatic heterocycles. The van der Waals surface area contributed by atoms with Gasteiger partial charge in [0.25, 0.3) is 0 Å². The average Bonchev–Trinajstić information content (AvgIpc) is 3.23. The van der Waals surface area contributed by atoms with Crippen molar-refractivity contribution in [2.45, 2.75) is 39.3 Å². The van der Waals surface area contributed by atoms with Gasteiger partial charge in [0.2, 0.25) is 5.91 Å². The van der Waals surface area contributed by atoms with E-state index in [2.05, 4.69) is 61.9 Å². The van der Waals surface area contributed by atoms with Crippen molar-refractivity contribution in [2.75, 3.05) is 11.9 Å². The zero-order valence-electron chi connectivity index (χ0n) is 18.3. The van der Waals surface area contributed by atoms with Gasteiger partial charge in [-0.25, -0.2) is 0 Å². The number of thiocarbonyl (C=S) groups is 1. The Morgan fingerprint density at radius 3 is 2.53 bits per heavy atom. The highest BCUT2D eigenvalue weighted by Crippen LogP contribution is 2.42. The Balaban J connectivity index is 1.58. The minimum atomic E-state index is -0.0914. The Labute approximate surface area is 207 Å². The van der Waals surface area contributed by atoms with E-state index in [-0.39, 0.29) is 18.0 Å². The zero-order valence-corrected chi connectivity index (χ0v) is 21.3. The van der Waals surface area contributed by atoms with Gasteiger partial charge in [0, 0.05) is 45.4 Å². The molecule has 166 valence electrons. The predicted molar refractivity (Wildman–Crippen MR) is 140 cm³/mol. The van der Waals surface area contributed by atoms with Gasteiger partial charge in [-0.2, -0.15) is 0 Å². The number of pyridine rings is 1. The first-order valence-electron chi connectivity index (χ1n) is 10.5. The van der Waals surface area contributed by atoms with Crippen LogP contribution in [0.2, 0.25) is 0 Å². The maximum absolute atomic E-state index is 12.7. The standard InChI is InChI=1S/C24H26IN5OS/c1-14-7-9-17(10-8-14)28-19(31)11-13-30-23(20-15(2)27-16(3)21(20)25)22(29-24(30)32)18-6-4-5-12-26-18/h4-10,12,22-23,27H,11,13H2,1-3H3,(H,28,31)(H,29,32)/t22-,23-/m0/s1. The van der Waals surface area contributed by atoms with Gasteiger partial charge in [-0.05, 0) is 79.8 Å². The minimum absolute atomic E-state index is 0.0339. The molecule has 0 saturated carbocycles. The zero-order chi connectivity index (χ0) is 22.8. The Morgan fingerprint density at radius 2 is 1.91 bits per heavy atom. The van der Waals surface area contributed by atoms with Crippen LogP contribution in [0.5, 0.6) is 0 Å². The van der Waals surface area contributed by atoms with Crippen LogP contribution in [0.15, 0.2) is 48.7 Å². The molecule has 8 heteroatoms. The molecule has 3 aromatic rings. The van der Waals surface area contributed by atoms with Crippen LogP contribution in [0.1, 0.15) is 46.7 Å². The summed E-state index contributed by atoms with van der Waals surface area (Å²) < 4.78 is 1.19. The van der Waals surface area contributed by atoms with E-state index >= 15 is 0 Å². The number of aromatic nitrogens is 2. The fourth-order valence-electron chi connectivity index (χ4n) is 4.16. The smallest absolute Gasteiger partial charge is 0.226 e. The van der Waals surface area contributed by atoms with E-state index in [0.29, 0.717) is 18.1 Å². The number of hydrogen-bond donors (Lipinski definition) is 3. The summed E-state index contributed by atoms with van der Waals surface area (Å²) in [5.74, 6) is -0.0339. The van der Waals surface area contributed by atoms with Crippen molar-refractivity contribution in [3.8, 4) is 0 Å². The Morgan fingerprint density at radius 1 is 1.16 bits per heavy atom. The van der Waals surface area contributed by atoms with Crippen LogP contribution < -0.4 is 10.6 Å². The van der Waals surface area contributed by atoms with Gasteiger partial charge < -0.3 is 20.5 Å². The molecule has 2 aromatic heterocycles. The van der Waals surface area contributed by atoms with Crippen LogP contribution in [0.3, 0.4) is 0 Å². The number of benzene rings is 1. The molecule has 3 heterocycles. The number of carbonyl (C=O) groups excluding carboxylic acids is 1. The van der Waals surface area contributed by atoms with E-state index in [1.54, 1.807) is 6.20 Å². The van der Waals surface area contributed by atoms with E-state index in [9.17, 15) is 4.79 Å². The quantitative estimate of drug-likeness (QED) is 0.295. The highest BCUT2D eigenvalue weighted by molar-refractivity contribution is 14.1. The van der Waals surface area contributed by atoms with Crippen molar-refractivity contribution in [3.05, 3.63) is 80.4 Å². The molecule has 1 aromatic carbocycles. The number of anilines is 1. The lowest BCUT2D eigenvalue weighted by Gasteiger charge is -2.28. The van der Waals surface area contributed by atoms with Gasteiger partial charge in [0.15, 0.2) is 5.11 Å². The van der Waals surface area contributed by atoms with Crippen LogP contribution in [-0.2, 0) is 4.79 Å². The first kappa shape index (κ1) is 22.7. The number of amides is 1. The molecular formula is C24H26IN5OS. The van der Waals surface area contributed by atoms with Gasteiger partial charge in [0.1, 0.15) is 0 Å². The fraction of sp³-hybridized carbons (Fsp3) is 0.292. The Kier molecular flexibility index (Phi) is 6.80. The number of nitrogens with zero attached hydrogens (tertiary/aromatic N) is 2. The molecule has 1 amide bonds. The second kappa shape index (κ2) is 9.58. The second-order valence-corrected chi connectivity index (χ2v) is 9.55. The van der Waals surface area contributed by atoms with Crippen LogP contribution >= 0.6 is 34.8 Å². The fourth-order valence-corrected chi connectivity index (χ4v) is 5.35. The van der Waals surface area contributed by atoms with Gasteiger partial charge in [-0.15, -0.1) is 0 Å². The summed E-state index contributed by atoms with van der Waals surface area (Å²) in [5, 5.41) is 7.08. The molecule has 0 unspecified atom stereocenters. The molecule has 2 atom stereocenters. The summed E-state index contributed by atoms with van der Waals surface area (Å²) in [4.78, 5) is 22.8. The third-order valence-electron chi connectivity index (χ3n) is 5.75. The van der Waals surface area contributed by atoms with E-state index in [1.165, 1.54) is 9.13 Å². The van der Waals surface area contributed by atoms with E-state index < -0.39 is 0 Å². The van der Waals surface area contributed by atoms with Crippen LogP contribution in [0.4, 0.5) is 5.69 Å². The minimum Gasteiger partial charge on any atom is -0.362 e. The molecule has 6 nitrogen and oxygen atoms in total. The molecule has 0 aliphatic carbocycles. The summed E-state index contributed by atoms with van der Waals surface area (Å²) in [5.41, 5.74) is 6.33. The number of H-pyrrole nitrogens is 1. The Hall–Kier alpha value is -2.46. The molecule has 3 N–H and O–H groups in total. The second-order valence-electron chi connectivity index (χ2n) is 8.09. The highest BCUT2D eigenvalue weighted by atomic mass is 127. The van der Waals surface area contributed by atoms with Crippen LogP contribution in [-0.4, -0.2) is 32.4 Å². The topological polar surface area (TPSA) is 73.1 Å². The normalized spacial score (nSPS) is 18.0. The van der Waals surface area contributed by atoms with E-state index in [4.69, 9.17) is 12.2 Å². The molecule has 1 aliphatic rings. The molecule has 1 saturated heterocycles. The number of nitrogens with one attached hydrogen (secondary N) is 3. The van der Waals surface area contributed by atoms with Crippen molar-refractivity contribution < 1.29 is 4.79 Å². The average molecular weight is 559 g/mol.